The third-order valence-electron chi connectivity index (χ3n) is 2.78. The lowest BCUT2D eigenvalue weighted by molar-refractivity contribution is 0.0322. The van der Waals surface area contributed by atoms with Crippen molar-refractivity contribution in [2.75, 3.05) is 45.2 Å². The molecule has 0 radical (unpaired) electrons. The highest BCUT2D eigenvalue weighted by Gasteiger charge is 2.09. The number of phenols is 1. The molecule has 1 heterocycles. The van der Waals surface area contributed by atoms with Crippen molar-refractivity contribution in [3.05, 3.63) is 18.2 Å². The van der Waals surface area contributed by atoms with E-state index in [-0.39, 0.29) is 5.75 Å². The molecule has 3 N–H and O–H groups in total. The topological polar surface area (TPSA) is 68.0 Å². The molecule has 1 fully saturated rings. The van der Waals surface area contributed by atoms with E-state index in [1.165, 1.54) is 0 Å². The van der Waals surface area contributed by atoms with Gasteiger partial charge in [-0.2, -0.15) is 0 Å². The Kier molecular flexibility index (Phi) is 4.06. The molecule has 1 aromatic rings. The van der Waals surface area contributed by atoms with Crippen LogP contribution >= 0.6 is 0 Å². The molecule has 2 rings (SSSR count). The lowest BCUT2D eigenvalue weighted by Gasteiger charge is -2.26. The van der Waals surface area contributed by atoms with E-state index in [0.29, 0.717) is 18.0 Å². The predicted molar refractivity (Wildman–Crippen MR) is 65.3 cm³/mol. The number of hydrogen-bond acceptors (Lipinski definition) is 5. The molecule has 0 aromatic heterocycles. The van der Waals surface area contributed by atoms with Crippen molar-refractivity contribution >= 4 is 5.69 Å². The van der Waals surface area contributed by atoms with Crippen molar-refractivity contribution in [1.29, 1.82) is 0 Å². The van der Waals surface area contributed by atoms with Crippen LogP contribution in [0.3, 0.4) is 0 Å². The molecule has 0 saturated carbocycles. The quantitative estimate of drug-likeness (QED) is 0.596. The van der Waals surface area contributed by atoms with Crippen molar-refractivity contribution in [3.63, 3.8) is 0 Å². The van der Waals surface area contributed by atoms with Gasteiger partial charge in [-0.25, -0.2) is 0 Å². The maximum Gasteiger partial charge on any atom is 0.138 e. The Bertz CT molecular complexity index is 365. The number of morpholine rings is 1. The maximum absolute atomic E-state index is 9.27. The van der Waals surface area contributed by atoms with Gasteiger partial charge in [0.25, 0.3) is 0 Å². The third kappa shape index (κ3) is 3.51. The molecule has 1 aliphatic heterocycles. The number of rotatable bonds is 4. The standard InChI is InChI=1S/C12H18N2O3/c13-11-9-10(1-2-12(11)15)17-8-5-14-3-6-16-7-4-14/h1-2,9,15H,3-8,13H2. The highest BCUT2D eigenvalue weighted by Crippen LogP contribution is 2.24. The first-order valence-electron chi connectivity index (χ1n) is 5.77. The number of anilines is 1. The number of phenolic OH excluding ortho intramolecular Hbond substituents is 1. The van der Waals surface area contributed by atoms with E-state index in [0.717, 1.165) is 32.8 Å². The number of ether oxygens (including phenoxy) is 2. The molecule has 1 aromatic carbocycles. The normalized spacial score (nSPS) is 16.9. The molecular weight excluding hydrogens is 220 g/mol. The van der Waals surface area contributed by atoms with Crippen molar-refractivity contribution in [3.8, 4) is 11.5 Å². The minimum absolute atomic E-state index is 0.0885. The summed E-state index contributed by atoms with van der Waals surface area (Å²) in [5.41, 5.74) is 5.92. The number of nitrogen functional groups attached to an aromatic ring is 1. The fourth-order valence-corrected chi connectivity index (χ4v) is 1.74. The molecule has 17 heavy (non-hydrogen) atoms. The fraction of sp³-hybridized carbons (Fsp3) is 0.500. The Hall–Kier alpha value is -1.46. The molecule has 0 spiro atoms. The lowest BCUT2D eigenvalue weighted by atomic mass is 10.3. The zero-order chi connectivity index (χ0) is 12.1. The second-order valence-corrected chi connectivity index (χ2v) is 4.02. The first-order chi connectivity index (χ1) is 8.25. The summed E-state index contributed by atoms with van der Waals surface area (Å²) in [5, 5.41) is 9.27. The number of aromatic hydroxyl groups is 1. The Morgan fingerprint density at radius 2 is 2.12 bits per heavy atom. The van der Waals surface area contributed by atoms with Crippen LogP contribution in [0.25, 0.3) is 0 Å². The Labute approximate surface area is 101 Å². The molecule has 0 aliphatic carbocycles. The van der Waals surface area contributed by atoms with Gasteiger partial charge in [0.1, 0.15) is 18.1 Å². The summed E-state index contributed by atoms with van der Waals surface area (Å²) < 4.78 is 10.8. The van der Waals surface area contributed by atoms with Crippen LogP contribution in [0.4, 0.5) is 5.69 Å². The summed E-state index contributed by atoms with van der Waals surface area (Å²) in [4.78, 5) is 2.30. The van der Waals surface area contributed by atoms with Gasteiger partial charge in [-0.3, -0.25) is 4.90 Å². The van der Waals surface area contributed by atoms with Crippen molar-refractivity contribution in [1.82, 2.24) is 4.90 Å². The molecule has 1 aliphatic rings. The molecule has 1 saturated heterocycles. The molecule has 5 nitrogen and oxygen atoms in total. The second kappa shape index (κ2) is 5.75. The lowest BCUT2D eigenvalue weighted by Crippen LogP contribution is -2.38. The summed E-state index contributed by atoms with van der Waals surface area (Å²) in [7, 11) is 0. The van der Waals surface area contributed by atoms with Gasteiger partial charge in [0.2, 0.25) is 0 Å². The summed E-state index contributed by atoms with van der Waals surface area (Å²) in [6, 6.07) is 4.89. The molecule has 94 valence electrons. The Balaban J connectivity index is 1.75. The minimum atomic E-state index is 0.0885. The average molecular weight is 238 g/mol. The largest absolute Gasteiger partial charge is 0.506 e. The van der Waals surface area contributed by atoms with Gasteiger partial charge < -0.3 is 20.3 Å². The van der Waals surface area contributed by atoms with Crippen molar-refractivity contribution in [2.24, 2.45) is 0 Å². The summed E-state index contributed by atoms with van der Waals surface area (Å²) in [6.45, 7) is 5.01. The van der Waals surface area contributed by atoms with Crippen LogP contribution in [0, 0.1) is 0 Å². The molecule has 0 unspecified atom stereocenters. The second-order valence-electron chi connectivity index (χ2n) is 4.02. The van der Waals surface area contributed by atoms with Crippen LogP contribution in [-0.2, 0) is 4.74 Å². The zero-order valence-electron chi connectivity index (χ0n) is 9.76. The predicted octanol–water partition coefficient (Wildman–Crippen LogP) is 0.685. The van der Waals surface area contributed by atoms with E-state index < -0.39 is 0 Å². The monoisotopic (exact) mass is 238 g/mol. The van der Waals surface area contributed by atoms with E-state index in [1.54, 1.807) is 18.2 Å². The smallest absolute Gasteiger partial charge is 0.138 e. The van der Waals surface area contributed by atoms with E-state index >= 15 is 0 Å². The first kappa shape index (κ1) is 12.0. The van der Waals surface area contributed by atoms with Crippen LogP contribution in [0.15, 0.2) is 18.2 Å². The van der Waals surface area contributed by atoms with Crippen LogP contribution < -0.4 is 10.5 Å². The van der Waals surface area contributed by atoms with Gasteiger partial charge in [0.15, 0.2) is 0 Å². The molecule has 0 amide bonds. The van der Waals surface area contributed by atoms with Gasteiger partial charge in [0.05, 0.1) is 18.9 Å². The van der Waals surface area contributed by atoms with Crippen molar-refractivity contribution in [2.45, 2.75) is 0 Å². The first-order valence-corrected chi connectivity index (χ1v) is 5.77. The molecule has 0 atom stereocenters. The number of nitrogens with two attached hydrogens (primary N) is 1. The van der Waals surface area contributed by atoms with E-state index in [2.05, 4.69) is 4.90 Å². The van der Waals surface area contributed by atoms with Gasteiger partial charge in [-0.15, -0.1) is 0 Å². The number of benzene rings is 1. The average Bonchev–Trinajstić information content (AvgIpc) is 2.35. The summed E-state index contributed by atoms with van der Waals surface area (Å²) >= 11 is 0. The SMILES string of the molecule is Nc1cc(OCCN2CCOCC2)ccc1O. The van der Waals surface area contributed by atoms with Gasteiger partial charge in [-0.1, -0.05) is 0 Å². The molecular formula is C12H18N2O3. The van der Waals surface area contributed by atoms with Crippen LogP contribution in [0.1, 0.15) is 0 Å². The van der Waals surface area contributed by atoms with E-state index in [1.807, 2.05) is 0 Å². The van der Waals surface area contributed by atoms with E-state index in [4.69, 9.17) is 15.2 Å². The van der Waals surface area contributed by atoms with Crippen LogP contribution in [-0.4, -0.2) is 49.5 Å². The highest BCUT2D eigenvalue weighted by molar-refractivity contribution is 5.55. The number of hydrogen-bond donors (Lipinski definition) is 2. The Morgan fingerprint density at radius 1 is 1.35 bits per heavy atom. The molecule has 5 heteroatoms. The molecule has 0 bridgehead atoms. The minimum Gasteiger partial charge on any atom is -0.506 e. The summed E-state index contributed by atoms with van der Waals surface area (Å²) in [6.07, 6.45) is 0. The number of nitrogens with zero attached hydrogens (tertiary/aromatic N) is 1. The highest BCUT2D eigenvalue weighted by atomic mass is 16.5. The van der Waals surface area contributed by atoms with Gasteiger partial charge in [0, 0.05) is 25.7 Å². The zero-order valence-corrected chi connectivity index (χ0v) is 9.76. The third-order valence-corrected chi connectivity index (χ3v) is 2.78. The van der Waals surface area contributed by atoms with Crippen LogP contribution in [0.5, 0.6) is 11.5 Å². The Morgan fingerprint density at radius 3 is 2.82 bits per heavy atom. The summed E-state index contributed by atoms with van der Waals surface area (Å²) in [5.74, 6) is 0.777. The van der Waals surface area contributed by atoms with Crippen molar-refractivity contribution < 1.29 is 14.6 Å². The van der Waals surface area contributed by atoms with E-state index in [9.17, 15) is 5.11 Å². The fourth-order valence-electron chi connectivity index (χ4n) is 1.74. The van der Waals surface area contributed by atoms with Gasteiger partial charge >= 0.3 is 0 Å². The van der Waals surface area contributed by atoms with Crippen LogP contribution in [0.2, 0.25) is 0 Å². The van der Waals surface area contributed by atoms with Gasteiger partial charge in [-0.05, 0) is 12.1 Å². The maximum atomic E-state index is 9.27.